The lowest BCUT2D eigenvalue weighted by molar-refractivity contribution is -0.137. The Hall–Kier alpha value is -0.440. The van der Waals surface area contributed by atoms with Gasteiger partial charge in [0.1, 0.15) is 0 Å². The first-order valence-corrected chi connectivity index (χ1v) is 6.74. The molecule has 15 heavy (non-hydrogen) atoms. The summed E-state index contributed by atoms with van der Waals surface area (Å²) < 4.78 is 4.94. The number of hydrogen-bond acceptors (Lipinski definition) is 3. The smallest absolute Gasteiger partial charge is 0.330 e. The van der Waals surface area contributed by atoms with Gasteiger partial charge >= 0.3 is 5.97 Å². The van der Waals surface area contributed by atoms with E-state index in [9.17, 15) is 4.79 Å². The molecule has 2 aliphatic rings. The number of esters is 1. The Balaban J connectivity index is 1.95. The van der Waals surface area contributed by atoms with Crippen molar-refractivity contribution in [2.45, 2.75) is 49.5 Å². The van der Waals surface area contributed by atoms with Crippen molar-refractivity contribution in [3.8, 4) is 0 Å². The number of fused-ring (bicyclic) bond motifs is 2. The second kappa shape index (κ2) is 5.06. The minimum atomic E-state index is -0.155. The van der Waals surface area contributed by atoms with Crippen molar-refractivity contribution >= 4 is 17.7 Å². The van der Waals surface area contributed by atoms with E-state index in [1.54, 1.807) is 6.08 Å². The number of ether oxygens (including phenoxy) is 1. The highest BCUT2D eigenvalue weighted by Gasteiger charge is 2.29. The van der Waals surface area contributed by atoms with Gasteiger partial charge in [-0.3, -0.25) is 0 Å². The van der Waals surface area contributed by atoms with Gasteiger partial charge in [-0.15, -0.1) is 0 Å². The summed E-state index contributed by atoms with van der Waals surface area (Å²) in [7, 11) is 0. The van der Waals surface area contributed by atoms with Gasteiger partial charge in [-0.25, -0.2) is 4.79 Å². The molecule has 0 radical (unpaired) electrons. The number of carbonyl (C=O) groups excluding carboxylic acids is 1. The normalized spacial score (nSPS) is 29.8. The van der Waals surface area contributed by atoms with Gasteiger partial charge in [0.15, 0.2) is 0 Å². The Bertz CT molecular complexity index is 259. The van der Waals surface area contributed by atoms with Gasteiger partial charge in [0.25, 0.3) is 0 Å². The molecule has 2 fully saturated rings. The maximum atomic E-state index is 11.3. The summed E-state index contributed by atoms with van der Waals surface area (Å²) in [6, 6.07) is 0. The molecule has 2 bridgehead atoms. The van der Waals surface area contributed by atoms with Gasteiger partial charge in [0.05, 0.1) is 6.61 Å². The lowest BCUT2D eigenvalue weighted by Gasteiger charge is -2.35. The van der Waals surface area contributed by atoms with Crippen molar-refractivity contribution in [2.75, 3.05) is 6.61 Å². The van der Waals surface area contributed by atoms with E-state index in [4.69, 9.17) is 4.74 Å². The van der Waals surface area contributed by atoms with E-state index in [1.807, 2.05) is 6.92 Å². The van der Waals surface area contributed by atoms with Crippen LogP contribution in [0.5, 0.6) is 0 Å². The Kier molecular flexibility index (Phi) is 3.73. The standard InChI is InChI=1S/C12H18O2S/c1-2-14-12(13)8-9-6-10-4-3-5-11(7-9)15-10/h8,10-11H,2-7H2,1H3. The Morgan fingerprint density at radius 2 is 2.13 bits per heavy atom. The molecular formula is C12H18O2S. The van der Waals surface area contributed by atoms with Gasteiger partial charge in [-0.1, -0.05) is 12.0 Å². The lowest BCUT2D eigenvalue weighted by atomic mass is 9.94. The first kappa shape index (κ1) is 11.1. The van der Waals surface area contributed by atoms with E-state index in [0.717, 1.165) is 23.3 Å². The van der Waals surface area contributed by atoms with E-state index >= 15 is 0 Å². The van der Waals surface area contributed by atoms with Crippen molar-refractivity contribution < 1.29 is 9.53 Å². The minimum Gasteiger partial charge on any atom is -0.463 e. The fourth-order valence-electron chi connectivity index (χ4n) is 2.42. The van der Waals surface area contributed by atoms with Crippen LogP contribution in [0.15, 0.2) is 11.6 Å². The van der Waals surface area contributed by atoms with Crippen LogP contribution in [-0.4, -0.2) is 23.1 Å². The Labute approximate surface area is 95.5 Å². The fraction of sp³-hybridized carbons (Fsp3) is 0.750. The lowest BCUT2D eigenvalue weighted by Crippen LogP contribution is -2.24. The minimum absolute atomic E-state index is 0.155. The molecule has 3 heteroatoms. The van der Waals surface area contributed by atoms with Crippen LogP contribution in [0.3, 0.4) is 0 Å². The molecule has 0 aromatic rings. The molecule has 84 valence electrons. The van der Waals surface area contributed by atoms with E-state index in [-0.39, 0.29) is 5.97 Å². The fourth-order valence-corrected chi connectivity index (χ4v) is 4.19. The molecule has 2 nitrogen and oxygen atoms in total. The zero-order valence-electron chi connectivity index (χ0n) is 9.20. The van der Waals surface area contributed by atoms with Crippen LogP contribution >= 0.6 is 11.8 Å². The molecule has 0 N–H and O–H groups in total. The zero-order chi connectivity index (χ0) is 10.7. The maximum absolute atomic E-state index is 11.3. The molecule has 2 saturated heterocycles. The molecule has 2 aliphatic heterocycles. The predicted octanol–water partition coefficient (Wildman–Crippen LogP) is 2.92. The molecule has 0 amide bonds. The molecule has 2 heterocycles. The summed E-state index contributed by atoms with van der Waals surface area (Å²) in [5, 5.41) is 1.52. The Morgan fingerprint density at radius 3 is 2.73 bits per heavy atom. The first-order valence-electron chi connectivity index (χ1n) is 5.79. The summed E-state index contributed by atoms with van der Waals surface area (Å²) in [4.78, 5) is 11.3. The van der Waals surface area contributed by atoms with Crippen LogP contribution in [0.1, 0.15) is 39.0 Å². The van der Waals surface area contributed by atoms with Crippen LogP contribution in [0, 0.1) is 0 Å². The molecule has 0 aromatic carbocycles. The SMILES string of the molecule is CCOC(=O)C=C1CC2CCCC(C1)S2. The summed E-state index contributed by atoms with van der Waals surface area (Å²) >= 11 is 2.12. The van der Waals surface area contributed by atoms with Crippen molar-refractivity contribution in [3.05, 3.63) is 11.6 Å². The molecule has 2 rings (SSSR count). The summed E-state index contributed by atoms with van der Waals surface area (Å²) in [5.74, 6) is -0.155. The van der Waals surface area contributed by atoms with E-state index in [1.165, 1.54) is 24.8 Å². The Morgan fingerprint density at radius 1 is 1.47 bits per heavy atom. The highest BCUT2D eigenvalue weighted by molar-refractivity contribution is 8.00. The topological polar surface area (TPSA) is 26.3 Å². The molecule has 2 atom stereocenters. The summed E-state index contributed by atoms with van der Waals surface area (Å²) in [6.45, 7) is 2.33. The third kappa shape index (κ3) is 3.00. The van der Waals surface area contributed by atoms with Crippen LogP contribution in [0.2, 0.25) is 0 Å². The maximum Gasteiger partial charge on any atom is 0.330 e. The second-order valence-corrected chi connectivity index (χ2v) is 5.88. The highest BCUT2D eigenvalue weighted by atomic mass is 32.2. The summed E-state index contributed by atoms with van der Waals surface area (Å²) in [6.07, 6.45) is 7.94. The van der Waals surface area contributed by atoms with Crippen LogP contribution in [0.4, 0.5) is 0 Å². The largest absolute Gasteiger partial charge is 0.463 e. The first-order chi connectivity index (χ1) is 7.28. The van der Waals surface area contributed by atoms with Crippen molar-refractivity contribution in [1.82, 2.24) is 0 Å². The summed E-state index contributed by atoms with van der Waals surface area (Å²) in [5.41, 5.74) is 1.31. The predicted molar refractivity (Wildman–Crippen MR) is 63.0 cm³/mol. The van der Waals surface area contributed by atoms with Gasteiger partial charge < -0.3 is 4.74 Å². The number of carbonyl (C=O) groups is 1. The highest BCUT2D eigenvalue weighted by Crippen LogP contribution is 2.43. The number of rotatable bonds is 2. The molecule has 2 unspecified atom stereocenters. The molecular weight excluding hydrogens is 208 g/mol. The van der Waals surface area contributed by atoms with Gasteiger partial charge in [-0.05, 0) is 32.6 Å². The quantitative estimate of drug-likeness (QED) is 0.535. The van der Waals surface area contributed by atoms with Crippen LogP contribution < -0.4 is 0 Å². The van der Waals surface area contributed by atoms with Gasteiger partial charge in [0.2, 0.25) is 0 Å². The molecule has 0 aromatic heterocycles. The van der Waals surface area contributed by atoms with Crippen molar-refractivity contribution in [1.29, 1.82) is 0 Å². The molecule has 0 aliphatic carbocycles. The number of hydrogen-bond donors (Lipinski definition) is 0. The van der Waals surface area contributed by atoms with Crippen molar-refractivity contribution in [3.63, 3.8) is 0 Å². The third-order valence-electron chi connectivity index (χ3n) is 3.03. The molecule has 0 spiro atoms. The zero-order valence-corrected chi connectivity index (χ0v) is 10.0. The van der Waals surface area contributed by atoms with E-state index in [0.29, 0.717) is 6.61 Å². The number of thioether (sulfide) groups is 1. The molecule has 0 saturated carbocycles. The van der Waals surface area contributed by atoms with E-state index in [2.05, 4.69) is 11.8 Å². The average Bonchev–Trinajstić information content (AvgIpc) is 2.17. The van der Waals surface area contributed by atoms with Gasteiger partial charge in [-0.2, -0.15) is 11.8 Å². The number of allylic oxidation sites excluding steroid dienone is 1. The second-order valence-electron chi connectivity index (χ2n) is 4.27. The van der Waals surface area contributed by atoms with Crippen LogP contribution in [0.25, 0.3) is 0 Å². The third-order valence-corrected chi connectivity index (χ3v) is 4.60. The van der Waals surface area contributed by atoms with E-state index < -0.39 is 0 Å². The average molecular weight is 226 g/mol. The monoisotopic (exact) mass is 226 g/mol. The van der Waals surface area contributed by atoms with Crippen molar-refractivity contribution in [2.24, 2.45) is 0 Å². The van der Waals surface area contributed by atoms with Crippen LogP contribution in [-0.2, 0) is 9.53 Å². The van der Waals surface area contributed by atoms with Gasteiger partial charge in [0, 0.05) is 16.6 Å².